The molecule has 4 aromatic rings. The fourth-order valence-corrected chi connectivity index (χ4v) is 5.40. The summed E-state index contributed by atoms with van der Waals surface area (Å²) in [7, 11) is -0.783. The Hall–Kier alpha value is -2.93. The molecule has 0 bridgehead atoms. The van der Waals surface area contributed by atoms with Gasteiger partial charge in [0.1, 0.15) is 30.8 Å². The van der Waals surface area contributed by atoms with Crippen molar-refractivity contribution in [2.24, 2.45) is 0 Å². The van der Waals surface area contributed by atoms with Gasteiger partial charge < -0.3 is 28.4 Å². The quantitative estimate of drug-likeness (QED) is 0.207. The van der Waals surface area contributed by atoms with E-state index in [-0.39, 0.29) is 18.9 Å². The number of benzene rings is 4. The van der Waals surface area contributed by atoms with Crippen molar-refractivity contribution in [2.75, 3.05) is 40.2 Å². The van der Waals surface area contributed by atoms with E-state index in [0.29, 0.717) is 19.0 Å². The van der Waals surface area contributed by atoms with E-state index in [9.17, 15) is 9.67 Å². The molecule has 5 rings (SSSR count). The third kappa shape index (κ3) is 5.26. The van der Waals surface area contributed by atoms with Crippen molar-refractivity contribution >= 4 is 29.1 Å². The maximum atomic E-state index is 12.5. The van der Waals surface area contributed by atoms with Crippen LogP contribution in [0.15, 0.2) is 72.8 Å². The molecule has 2 unspecified atom stereocenters. The van der Waals surface area contributed by atoms with Gasteiger partial charge in [0.15, 0.2) is 0 Å². The Bertz CT molecular complexity index is 1410. The van der Waals surface area contributed by atoms with Gasteiger partial charge >= 0.3 is 7.60 Å². The van der Waals surface area contributed by atoms with Gasteiger partial charge in [-0.1, -0.05) is 60.7 Å². The number of aliphatic hydroxyl groups is 1. The lowest BCUT2D eigenvalue weighted by atomic mass is 9.92. The van der Waals surface area contributed by atoms with Crippen LogP contribution in [0.25, 0.3) is 32.7 Å². The summed E-state index contributed by atoms with van der Waals surface area (Å²) in [5, 5.41) is 14.7. The van der Waals surface area contributed by atoms with Crippen molar-refractivity contribution in [2.45, 2.75) is 12.2 Å². The molecule has 1 fully saturated rings. The van der Waals surface area contributed by atoms with E-state index in [1.165, 1.54) is 14.2 Å². The predicted molar refractivity (Wildman–Crippen MR) is 140 cm³/mol. The van der Waals surface area contributed by atoms with Gasteiger partial charge in [-0.05, 0) is 33.7 Å². The van der Waals surface area contributed by atoms with Crippen molar-refractivity contribution in [3.8, 4) is 22.6 Å². The summed E-state index contributed by atoms with van der Waals surface area (Å²) in [5.74, 6) is 1.32. The van der Waals surface area contributed by atoms with E-state index in [1.807, 2.05) is 54.6 Å². The molecule has 1 aliphatic rings. The van der Waals surface area contributed by atoms with Crippen molar-refractivity contribution in [3.63, 3.8) is 0 Å². The minimum Gasteiger partial charge on any atom is -0.490 e. The molecule has 0 aliphatic carbocycles. The van der Waals surface area contributed by atoms with Gasteiger partial charge in [-0.15, -0.1) is 0 Å². The molecule has 188 valence electrons. The van der Waals surface area contributed by atoms with Crippen LogP contribution >= 0.6 is 7.60 Å². The maximum Gasteiger partial charge on any atom is 0.332 e. The summed E-state index contributed by atoms with van der Waals surface area (Å²) in [6.07, 6.45) is -1.11. The van der Waals surface area contributed by atoms with Crippen molar-refractivity contribution in [3.05, 3.63) is 72.8 Å². The van der Waals surface area contributed by atoms with Crippen LogP contribution in [-0.4, -0.2) is 57.5 Å². The van der Waals surface area contributed by atoms with Crippen LogP contribution in [0.4, 0.5) is 0 Å². The molecule has 0 aromatic heterocycles. The fourth-order valence-electron chi connectivity index (χ4n) is 4.33. The fraction of sp³-hybridized carbons (Fsp3) is 0.286. The summed E-state index contributed by atoms with van der Waals surface area (Å²) < 4.78 is 40.2. The number of ether oxygens (including phenoxy) is 3. The van der Waals surface area contributed by atoms with E-state index >= 15 is 0 Å². The Balaban J connectivity index is 1.60. The maximum absolute atomic E-state index is 12.5. The van der Waals surface area contributed by atoms with Crippen LogP contribution in [0.3, 0.4) is 0 Å². The molecule has 1 heterocycles. The van der Waals surface area contributed by atoms with Crippen LogP contribution in [0, 0.1) is 0 Å². The number of epoxide rings is 1. The van der Waals surface area contributed by atoms with Gasteiger partial charge in [0, 0.05) is 25.3 Å². The van der Waals surface area contributed by atoms with Crippen LogP contribution in [0.2, 0.25) is 0 Å². The van der Waals surface area contributed by atoms with Crippen LogP contribution in [0.1, 0.15) is 0 Å². The zero-order chi connectivity index (χ0) is 25.1. The highest BCUT2D eigenvalue weighted by atomic mass is 31.2. The van der Waals surface area contributed by atoms with E-state index < -0.39 is 13.7 Å². The molecule has 36 heavy (non-hydrogen) atoms. The van der Waals surface area contributed by atoms with Crippen molar-refractivity contribution in [1.29, 1.82) is 0 Å². The Kier molecular flexibility index (Phi) is 7.28. The van der Waals surface area contributed by atoms with Crippen LogP contribution in [-0.2, 0) is 18.3 Å². The molecule has 1 saturated heterocycles. The summed E-state index contributed by atoms with van der Waals surface area (Å²) in [4.78, 5) is 0. The largest absolute Gasteiger partial charge is 0.490 e. The molecule has 0 amide bonds. The first-order chi connectivity index (χ1) is 17.5. The summed E-state index contributed by atoms with van der Waals surface area (Å²) in [6.45, 7) is 1.09. The molecular formula is C28H29O7P. The molecule has 0 spiro atoms. The first-order valence-electron chi connectivity index (χ1n) is 11.8. The number of hydrogen-bond acceptors (Lipinski definition) is 7. The predicted octanol–water partition coefficient (Wildman–Crippen LogP) is 5.66. The Labute approximate surface area is 210 Å². The topological polar surface area (TPSA) is 86.8 Å². The van der Waals surface area contributed by atoms with Crippen molar-refractivity contribution in [1.82, 2.24) is 0 Å². The van der Waals surface area contributed by atoms with Gasteiger partial charge in [-0.2, -0.15) is 0 Å². The van der Waals surface area contributed by atoms with Crippen LogP contribution in [0.5, 0.6) is 11.5 Å². The zero-order valence-electron chi connectivity index (χ0n) is 20.3. The standard InChI is InChI=1S/C28H29O7P/c1-31-36(30,32-2)18-21(29)15-34-25-13-11-19-7-3-5-9-23(19)27(25)28-24-10-6-4-8-20(24)12-14-26(28)35-17-22-16-33-22/h3-14,21-22,29H,15-18H2,1-2H3. The smallest absolute Gasteiger partial charge is 0.332 e. The second kappa shape index (κ2) is 10.6. The molecule has 7 nitrogen and oxygen atoms in total. The molecule has 1 aliphatic heterocycles. The Morgan fingerprint density at radius 3 is 1.92 bits per heavy atom. The lowest BCUT2D eigenvalue weighted by Gasteiger charge is -2.21. The van der Waals surface area contributed by atoms with E-state index in [1.54, 1.807) is 0 Å². The highest BCUT2D eigenvalue weighted by molar-refractivity contribution is 7.53. The molecule has 0 saturated carbocycles. The molecule has 2 atom stereocenters. The van der Waals surface area contributed by atoms with Crippen LogP contribution < -0.4 is 9.47 Å². The molecule has 0 radical (unpaired) electrons. The third-order valence-corrected chi connectivity index (χ3v) is 8.26. The van der Waals surface area contributed by atoms with E-state index in [0.717, 1.165) is 38.4 Å². The lowest BCUT2D eigenvalue weighted by Crippen LogP contribution is -2.22. The minimum atomic E-state index is -3.38. The van der Waals surface area contributed by atoms with Crippen molar-refractivity contribution < 1.29 is 32.9 Å². The minimum absolute atomic E-state index is 0.0844. The number of rotatable bonds is 11. The van der Waals surface area contributed by atoms with Gasteiger partial charge in [-0.25, -0.2) is 0 Å². The summed E-state index contributed by atoms with van der Waals surface area (Å²) in [5.41, 5.74) is 1.78. The zero-order valence-corrected chi connectivity index (χ0v) is 21.1. The lowest BCUT2D eigenvalue weighted by molar-refractivity contribution is 0.118. The summed E-state index contributed by atoms with van der Waals surface area (Å²) >= 11 is 0. The van der Waals surface area contributed by atoms with Gasteiger partial charge in [0.25, 0.3) is 0 Å². The molecule has 8 heteroatoms. The van der Waals surface area contributed by atoms with Gasteiger partial charge in [0.05, 0.1) is 18.9 Å². The third-order valence-electron chi connectivity index (χ3n) is 6.28. The highest BCUT2D eigenvalue weighted by Gasteiger charge is 2.27. The molecular weight excluding hydrogens is 479 g/mol. The first kappa shape index (κ1) is 24.8. The van der Waals surface area contributed by atoms with E-state index in [4.69, 9.17) is 23.3 Å². The average Bonchev–Trinajstić information content (AvgIpc) is 3.75. The average molecular weight is 509 g/mol. The Morgan fingerprint density at radius 2 is 1.39 bits per heavy atom. The molecule has 1 N–H and O–H groups in total. The Morgan fingerprint density at radius 1 is 0.861 bits per heavy atom. The second-order valence-corrected chi connectivity index (χ2v) is 11.0. The molecule has 4 aromatic carbocycles. The monoisotopic (exact) mass is 508 g/mol. The van der Waals surface area contributed by atoms with Gasteiger partial charge in [0.2, 0.25) is 0 Å². The van der Waals surface area contributed by atoms with Gasteiger partial charge in [-0.3, -0.25) is 4.57 Å². The first-order valence-corrected chi connectivity index (χ1v) is 13.5. The number of aliphatic hydroxyl groups excluding tert-OH is 1. The number of hydrogen-bond donors (Lipinski definition) is 1. The summed E-state index contributed by atoms with van der Waals surface area (Å²) in [6, 6.07) is 24.1. The second-order valence-electron chi connectivity index (χ2n) is 8.71. The highest BCUT2D eigenvalue weighted by Crippen LogP contribution is 2.48. The van der Waals surface area contributed by atoms with E-state index in [2.05, 4.69) is 18.2 Å². The normalized spacial score (nSPS) is 16.2. The number of fused-ring (bicyclic) bond motifs is 2. The SMILES string of the molecule is COP(=O)(CC(O)COc1ccc2ccccc2c1-c1c(OCC2CO2)ccc2ccccc12)OC.